The molecule has 0 spiro atoms. The van der Waals surface area contributed by atoms with E-state index in [9.17, 15) is 4.39 Å². The number of rotatable bonds is 3. The molecule has 88 valence electrons. The van der Waals surface area contributed by atoms with E-state index in [2.05, 4.69) is 12.2 Å². The van der Waals surface area contributed by atoms with Gasteiger partial charge in [0.15, 0.2) is 0 Å². The van der Waals surface area contributed by atoms with Crippen LogP contribution in [-0.2, 0) is 11.3 Å². The predicted octanol–water partition coefficient (Wildman–Crippen LogP) is 2.48. The number of halogens is 1. The Balaban J connectivity index is 1.91. The summed E-state index contributed by atoms with van der Waals surface area (Å²) in [5.41, 5.74) is 1.12. The SMILES string of the molecule is CC1(NCc2cccc(F)c2)CCOCC1. The minimum atomic E-state index is -0.170. The monoisotopic (exact) mass is 223 g/mol. The number of nitrogens with one attached hydrogen (secondary N) is 1. The molecule has 1 N–H and O–H groups in total. The van der Waals surface area contributed by atoms with Gasteiger partial charge in [0.2, 0.25) is 0 Å². The molecular weight excluding hydrogens is 205 g/mol. The molecular formula is C13H18FNO. The molecule has 0 aromatic heterocycles. The highest BCUT2D eigenvalue weighted by Gasteiger charge is 2.26. The van der Waals surface area contributed by atoms with Gasteiger partial charge in [0, 0.05) is 25.3 Å². The van der Waals surface area contributed by atoms with Gasteiger partial charge >= 0.3 is 0 Å². The van der Waals surface area contributed by atoms with Crippen LogP contribution in [0.4, 0.5) is 4.39 Å². The summed E-state index contributed by atoms with van der Waals surface area (Å²) in [5, 5.41) is 3.49. The fourth-order valence-electron chi connectivity index (χ4n) is 1.96. The molecule has 1 aromatic carbocycles. The van der Waals surface area contributed by atoms with E-state index in [1.165, 1.54) is 6.07 Å². The quantitative estimate of drug-likeness (QED) is 0.850. The summed E-state index contributed by atoms with van der Waals surface area (Å²) in [5.74, 6) is -0.170. The highest BCUT2D eigenvalue weighted by Crippen LogP contribution is 2.20. The molecule has 3 heteroatoms. The Bertz CT molecular complexity index is 348. The molecule has 2 nitrogen and oxygen atoms in total. The molecule has 0 amide bonds. The normalized spacial score (nSPS) is 19.6. The molecule has 0 aliphatic carbocycles. The molecule has 0 atom stereocenters. The van der Waals surface area contributed by atoms with Crippen LogP contribution in [0.25, 0.3) is 0 Å². The summed E-state index contributed by atoms with van der Waals surface area (Å²) >= 11 is 0. The number of benzene rings is 1. The molecule has 1 saturated heterocycles. The van der Waals surface area contributed by atoms with Gasteiger partial charge in [-0.15, -0.1) is 0 Å². The van der Waals surface area contributed by atoms with Crippen molar-refractivity contribution >= 4 is 0 Å². The number of hydrogen-bond acceptors (Lipinski definition) is 2. The third kappa shape index (κ3) is 3.03. The lowest BCUT2D eigenvalue weighted by atomic mass is 9.92. The second-order valence-electron chi connectivity index (χ2n) is 4.66. The number of hydrogen-bond donors (Lipinski definition) is 1. The fraction of sp³-hybridized carbons (Fsp3) is 0.538. The average Bonchev–Trinajstić information content (AvgIpc) is 2.28. The molecule has 1 aromatic rings. The van der Waals surface area contributed by atoms with Crippen molar-refractivity contribution in [1.29, 1.82) is 0 Å². The van der Waals surface area contributed by atoms with Crippen molar-refractivity contribution in [2.24, 2.45) is 0 Å². The Morgan fingerprint density at radius 2 is 2.12 bits per heavy atom. The molecule has 1 aliphatic heterocycles. The van der Waals surface area contributed by atoms with E-state index < -0.39 is 0 Å². The molecule has 1 fully saturated rings. The molecule has 0 saturated carbocycles. The largest absolute Gasteiger partial charge is 0.381 e. The van der Waals surface area contributed by atoms with Gasteiger partial charge in [-0.05, 0) is 37.5 Å². The predicted molar refractivity (Wildman–Crippen MR) is 61.7 cm³/mol. The van der Waals surface area contributed by atoms with Crippen molar-refractivity contribution in [3.8, 4) is 0 Å². The van der Waals surface area contributed by atoms with E-state index in [4.69, 9.17) is 4.74 Å². The van der Waals surface area contributed by atoms with E-state index in [1.54, 1.807) is 12.1 Å². The van der Waals surface area contributed by atoms with E-state index in [0.717, 1.165) is 31.6 Å². The van der Waals surface area contributed by atoms with Crippen LogP contribution in [0.5, 0.6) is 0 Å². The summed E-state index contributed by atoms with van der Waals surface area (Å²) in [7, 11) is 0. The van der Waals surface area contributed by atoms with E-state index >= 15 is 0 Å². The van der Waals surface area contributed by atoms with Gasteiger partial charge in [-0.3, -0.25) is 0 Å². The van der Waals surface area contributed by atoms with Gasteiger partial charge < -0.3 is 10.1 Å². The van der Waals surface area contributed by atoms with Gasteiger partial charge in [0.1, 0.15) is 5.82 Å². The zero-order valence-electron chi connectivity index (χ0n) is 9.63. The van der Waals surface area contributed by atoms with Crippen LogP contribution in [0.3, 0.4) is 0 Å². The van der Waals surface area contributed by atoms with Crippen LogP contribution < -0.4 is 5.32 Å². The topological polar surface area (TPSA) is 21.3 Å². The zero-order valence-corrected chi connectivity index (χ0v) is 9.63. The van der Waals surface area contributed by atoms with Crippen molar-refractivity contribution < 1.29 is 9.13 Å². The van der Waals surface area contributed by atoms with Gasteiger partial charge in [0.25, 0.3) is 0 Å². The highest BCUT2D eigenvalue weighted by molar-refractivity contribution is 5.16. The Hall–Kier alpha value is -0.930. The minimum Gasteiger partial charge on any atom is -0.381 e. The highest BCUT2D eigenvalue weighted by atomic mass is 19.1. The second-order valence-corrected chi connectivity index (χ2v) is 4.66. The lowest BCUT2D eigenvalue weighted by molar-refractivity contribution is 0.0446. The Labute approximate surface area is 95.8 Å². The molecule has 0 unspecified atom stereocenters. The average molecular weight is 223 g/mol. The Morgan fingerprint density at radius 3 is 2.81 bits per heavy atom. The maximum absolute atomic E-state index is 13.0. The lowest BCUT2D eigenvalue weighted by Gasteiger charge is -2.34. The first kappa shape index (κ1) is 11.6. The fourth-order valence-corrected chi connectivity index (χ4v) is 1.96. The Kier molecular flexibility index (Phi) is 3.56. The summed E-state index contributed by atoms with van der Waals surface area (Å²) in [6.07, 6.45) is 2.03. The van der Waals surface area contributed by atoms with Crippen LogP contribution in [0.1, 0.15) is 25.3 Å². The van der Waals surface area contributed by atoms with Crippen molar-refractivity contribution in [2.75, 3.05) is 13.2 Å². The smallest absolute Gasteiger partial charge is 0.123 e. The molecule has 1 aliphatic rings. The summed E-state index contributed by atoms with van der Waals surface area (Å²) in [6.45, 7) is 4.54. The molecule has 2 rings (SSSR count). The first-order valence-corrected chi connectivity index (χ1v) is 5.75. The molecule has 0 radical (unpaired) electrons. The van der Waals surface area contributed by atoms with Crippen molar-refractivity contribution in [3.63, 3.8) is 0 Å². The third-order valence-corrected chi connectivity index (χ3v) is 3.20. The first-order chi connectivity index (χ1) is 7.68. The second kappa shape index (κ2) is 4.93. The van der Waals surface area contributed by atoms with Crippen LogP contribution in [0.2, 0.25) is 0 Å². The molecule has 1 heterocycles. The maximum atomic E-state index is 13.0. The van der Waals surface area contributed by atoms with Gasteiger partial charge in [0.05, 0.1) is 0 Å². The summed E-state index contributed by atoms with van der Waals surface area (Å²) in [4.78, 5) is 0. The third-order valence-electron chi connectivity index (χ3n) is 3.20. The van der Waals surface area contributed by atoms with Crippen molar-refractivity contribution in [3.05, 3.63) is 35.6 Å². The van der Waals surface area contributed by atoms with Crippen molar-refractivity contribution in [2.45, 2.75) is 31.8 Å². The maximum Gasteiger partial charge on any atom is 0.123 e. The van der Waals surface area contributed by atoms with Gasteiger partial charge in [-0.1, -0.05) is 12.1 Å². The standard InChI is InChI=1S/C13H18FNO/c1-13(5-7-16-8-6-13)15-10-11-3-2-4-12(14)9-11/h2-4,9,15H,5-8,10H2,1H3. The molecule has 0 bridgehead atoms. The van der Waals surface area contributed by atoms with Crippen LogP contribution >= 0.6 is 0 Å². The summed E-state index contributed by atoms with van der Waals surface area (Å²) in [6, 6.07) is 6.74. The van der Waals surface area contributed by atoms with Crippen LogP contribution in [0, 0.1) is 5.82 Å². The lowest BCUT2D eigenvalue weighted by Crippen LogP contribution is -2.46. The molecule has 16 heavy (non-hydrogen) atoms. The van der Waals surface area contributed by atoms with Crippen LogP contribution in [-0.4, -0.2) is 18.8 Å². The van der Waals surface area contributed by atoms with E-state index in [-0.39, 0.29) is 11.4 Å². The minimum absolute atomic E-state index is 0.130. The zero-order chi connectivity index (χ0) is 11.4. The van der Waals surface area contributed by atoms with Gasteiger partial charge in [-0.2, -0.15) is 0 Å². The first-order valence-electron chi connectivity index (χ1n) is 5.75. The summed E-state index contributed by atoms with van der Waals surface area (Å²) < 4.78 is 18.3. The van der Waals surface area contributed by atoms with Crippen LogP contribution in [0.15, 0.2) is 24.3 Å². The van der Waals surface area contributed by atoms with E-state index in [1.807, 2.05) is 6.07 Å². The van der Waals surface area contributed by atoms with E-state index in [0.29, 0.717) is 6.54 Å². The number of ether oxygens (including phenoxy) is 1. The van der Waals surface area contributed by atoms with Gasteiger partial charge in [-0.25, -0.2) is 4.39 Å². The van der Waals surface area contributed by atoms with Crippen molar-refractivity contribution in [1.82, 2.24) is 5.32 Å². The Morgan fingerprint density at radius 1 is 1.38 bits per heavy atom.